The van der Waals surface area contributed by atoms with Gasteiger partial charge in [-0.1, -0.05) is 108 Å². The van der Waals surface area contributed by atoms with E-state index in [-0.39, 0.29) is 22.8 Å². The van der Waals surface area contributed by atoms with Crippen LogP contribution >= 0.6 is 0 Å². The van der Waals surface area contributed by atoms with Crippen LogP contribution in [0.2, 0.25) is 5.04 Å². The zero-order valence-electron chi connectivity index (χ0n) is 20.0. The molecule has 0 bridgehead atoms. The Bertz CT molecular complexity index is 761. The molecule has 0 spiro atoms. The van der Waals surface area contributed by atoms with Crippen molar-refractivity contribution in [1.82, 2.24) is 0 Å². The van der Waals surface area contributed by atoms with Gasteiger partial charge in [-0.2, -0.15) is 0 Å². The van der Waals surface area contributed by atoms with Crippen LogP contribution in [0.4, 0.5) is 0 Å². The van der Waals surface area contributed by atoms with Crippen molar-refractivity contribution in [3.05, 3.63) is 73.3 Å². The van der Waals surface area contributed by atoms with E-state index in [2.05, 4.69) is 75.9 Å². The lowest BCUT2D eigenvalue weighted by atomic mass is 9.84. The summed E-state index contributed by atoms with van der Waals surface area (Å²) in [6.07, 6.45) is 0.427. The van der Waals surface area contributed by atoms with Crippen LogP contribution in [-0.4, -0.2) is 37.3 Å². The number of hydrogen-bond donors (Lipinski definition) is 2. The zero-order valence-corrected chi connectivity index (χ0v) is 21.0. The standard InChI is InChI=1S/C27H40O3Si/c1-8-20(2)25(28)22(4)26(29)21(3)19-30-31(27(5,6)7,23-15-11-9-12-16-23)24-17-13-10-14-18-24/h8-18,20-22,25-26,28-29H,1,19H2,2-7H3/t20-,21+,22+,25-,26-/m0/s1. The van der Waals surface area contributed by atoms with E-state index in [1.807, 2.05) is 32.9 Å². The fraction of sp³-hybridized carbons (Fsp3) is 0.481. The van der Waals surface area contributed by atoms with E-state index in [0.29, 0.717) is 6.61 Å². The normalized spacial score (nSPS) is 17.4. The summed E-state index contributed by atoms with van der Waals surface area (Å²) in [7, 11) is -2.64. The third kappa shape index (κ3) is 5.56. The van der Waals surface area contributed by atoms with Crippen LogP contribution in [-0.2, 0) is 4.43 Å². The van der Waals surface area contributed by atoms with Crippen LogP contribution in [0.3, 0.4) is 0 Å². The number of aliphatic hydroxyl groups is 2. The maximum Gasteiger partial charge on any atom is 0.261 e. The van der Waals surface area contributed by atoms with Crippen molar-refractivity contribution in [3.8, 4) is 0 Å². The number of benzene rings is 2. The molecule has 31 heavy (non-hydrogen) atoms. The molecule has 0 radical (unpaired) electrons. The summed E-state index contributed by atoms with van der Waals surface area (Å²) in [4.78, 5) is 0. The lowest BCUT2D eigenvalue weighted by molar-refractivity contribution is -0.0296. The van der Waals surface area contributed by atoms with Gasteiger partial charge in [0.15, 0.2) is 0 Å². The van der Waals surface area contributed by atoms with Crippen molar-refractivity contribution in [2.24, 2.45) is 17.8 Å². The van der Waals surface area contributed by atoms with Gasteiger partial charge in [-0.25, -0.2) is 0 Å². The Hall–Kier alpha value is -1.72. The highest BCUT2D eigenvalue weighted by Gasteiger charge is 2.50. The van der Waals surface area contributed by atoms with Crippen molar-refractivity contribution < 1.29 is 14.6 Å². The Balaban J connectivity index is 2.38. The predicted molar refractivity (Wildman–Crippen MR) is 133 cm³/mol. The topological polar surface area (TPSA) is 49.7 Å². The molecule has 2 aromatic carbocycles. The second-order valence-corrected chi connectivity index (χ2v) is 14.2. The van der Waals surface area contributed by atoms with Gasteiger partial charge in [0.25, 0.3) is 8.32 Å². The maximum atomic E-state index is 11.0. The minimum Gasteiger partial charge on any atom is -0.407 e. The molecule has 3 nitrogen and oxygen atoms in total. The SMILES string of the molecule is C=C[C@H](C)[C@H](O)[C@@H](C)[C@@H](O)[C@H](C)CO[Si](c1ccccc1)(c1ccccc1)C(C)(C)C. The predicted octanol–water partition coefficient (Wildman–Crippen LogP) is 4.38. The van der Waals surface area contributed by atoms with Crippen molar-refractivity contribution in [3.63, 3.8) is 0 Å². The van der Waals surface area contributed by atoms with Crippen LogP contribution in [0.15, 0.2) is 73.3 Å². The van der Waals surface area contributed by atoms with Crippen LogP contribution in [0.1, 0.15) is 41.5 Å². The van der Waals surface area contributed by atoms with Gasteiger partial charge in [-0.15, -0.1) is 6.58 Å². The minimum absolute atomic E-state index is 0.0746. The Kier molecular flexibility index (Phi) is 8.84. The third-order valence-corrected chi connectivity index (χ3v) is 11.6. The second-order valence-electron chi connectivity index (χ2n) is 9.89. The Labute approximate surface area is 189 Å². The van der Waals surface area contributed by atoms with Crippen LogP contribution < -0.4 is 10.4 Å². The van der Waals surface area contributed by atoms with Crippen LogP contribution in [0.5, 0.6) is 0 Å². The monoisotopic (exact) mass is 440 g/mol. The van der Waals surface area contributed by atoms with E-state index in [9.17, 15) is 10.2 Å². The van der Waals surface area contributed by atoms with Gasteiger partial charge >= 0.3 is 0 Å². The summed E-state index contributed by atoms with van der Waals surface area (Å²) >= 11 is 0. The summed E-state index contributed by atoms with van der Waals surface area (Å²) in [5, 5.41) is 23.9. The lowest BCUT2D eigenvalue weighted by Gasteiger charge is -2.44. The molecular weight excluding hydrogens is 400 g/mol. The summed E-state index contributed by atoms with van der Waals surface area (Å²) in [6.45, 7) is 16.8. The van der Waals surface area contributed by atoms with Crippen LogP contribution in [0, 0.1) is 17.8 Å². The van der Waals surface area contributed by atoms with E-state index < -0.39 is 20.5 Å². The Morgan fingerprint density at radius 2 is 1.32 bits per heavy atom. The highest BCUT2D eigenvalue weighted by atomic mass is 28.4. The average Bonchev–Trinajstić information content (AvgIpc) is 2.77. The van der Waals surface area contributed by atoms with Gasteiger partial charge in [0.2, 0.25) is 0 Å². The second kappa shape index (κ2) is 10.7. The zero-order chi connectivity index (χ0) is 23.2. The molecule has 0 fully saturated rings. The van der Waals surface area contributed by atoms with Crippen LogP contribution in [0.25, 0.3) is 0 Å². The first-order chi connectivity index (χ1) is 14.6. The maximum absolute atomic E-state index is 11.0. The molecule has 5 atom stereocenters. The van der Waals surface area contributed by atoms with E-state index in [1.54, 1.807) is 6.08 Å². The average molecular weight is 441 g/mol. The third-order valence-electron chi connectivity index (χ3n) is 6.55. The van der Waals surface area contributed by atoms with E-state index in [0.717, 1.165) is 0 Å². The molecule has 2 N–H and O–H groups in total. The molecule has 0 aliphatic rings. The Morgan fingerprint density at radius 3 is 1.71 bits per heavy atom. The molecule has 0 aliphatic carbocycles. The molecule has 2 rings (SSSR count). The molecular formula is C27H40O3Si. The van der Waals surface area contributed by atoms with E-state index >= 15 is 0 Å². The summed E-state index contributed by atoms with van der Waals surface area (Å²) in [5.41, 5.74) is 0. The summed E-state index contributed by atoms with van der Waals surface area (Å²) < 4.78 is 6.94. The van der Waals surface area contributed by atoms with Gasteiger partial charge in [-0.3, -0.25) is 0 Å². The minimum atomic E-state index is -2.64. The Morgan fingerprint density at radius 1 is 0.871 bits per heavy atom. The first kappa shape index (κ1) is 25.5. The first-order valence-electron chi connectivity index (χ1n) is 11.3. The number of rotatable bonds is 10. The van der Waals surface area contributed by atoms with Crippen molar-refractivity contribution >= 4 is 18.7 Å². The van der Waals surface area contributed by atoms with Gasteiger partial charge in [0.05, 0.1) is 12.2 Å². The quantitative estimate of drug-likeness (QED) is 0.426. The van der Waals surface area contributed by atoms with Gasteiger partial charge in [0, 0.05) is 24.4 Å². The molecule has 0 heterocycles. The lowest BCUT2D eigenvalue weighted by Crippen LogP contribution is -2.67. The van der Waals surface area contributed by atoms with Gasteiger partial charge in [0.1, 0.15) is 0 Å². The molecule has 0 amide bonds. The van der Waals surface area contributed by atoms with Crippen molar-refractivity contribution in [2.75, 3.05) is 6.61 Å². The van der Waals surface area contributed by atoms with Gasteiger partial charge < -0.3 is 14.6 Å². The fourth-order valence-electron chi connectivity index (χ4n) is 4.46. The van der Waals surface area contributed by atoms with E-state index in [4.69, 9.17) is 4.43 Å². The highest BCUT2D eigenvalue weighted by molar-refractivity contribution is 6.99. The molecule has 0 saturated heterocycles. The highest BCUT2D eigenvalue weighted by Crippen LogP contribution is 2.37. The smallest absolute Gasteiger partial charge is 0.261 e. The molecule has 0 saturated carbocycles. The summed E-state index contributed by atoms with van der Waals surface area (Å²) in [5.74, 6) is -0.469. The number of aliphatic hydroxyl groups excluding tert-OH is 2. The first-order valence-corrected chi connectivity index (χ1v) is 13.2. The van der Waals surface area contributed by atoms with Crippen molar-refractivity contribution in [1.29, 1.82) is 0 Å². The van der Waals surface area contributed by atoms with Gasteiger partial charge in [-0.05, 0) is 15.4 Å². The molecule has 2 aromatic rings. The molecule has 0 unspecified atom stereocenters. The fourth-order valence-corrected chi connectivity index (χ4v) is 9.12. The molecule has 170 valence electrons. The molecule has 0 aromatic heterocycles. The number of hydrogen-bond acceptors (Lipinski definition) is 3. The van der Waals surface area contributed by atoms with E-state index in [1.165, 1.54) is 10.4 Å². The van der Waals surface area contributed by atoms with Crippen molar-refractivity contribution in [2.45, 2.75) is 58.8 Å². The largest absolute Gasteiger partial charge is 0.407 e. The summed E-state index contributed by atoms with van der Waals surface area (Å²) in [6, 6.07) is 21.0. The molecule has 4 heteroatoms. The molecule has 0 aliphatic heterocycles.